The molecule has 0 radical (unpaired) electrons. The third-order valence-corrected chi connectivity index (χ3v) is 2.91. The summed E-state index contributed by atoms with van der Waals surface area (Å²) in [7, 11) is 0. The maximum Gasteiger partial charge on any atom is 0.0961 e. The third kappa shape index (κ3) is 5.64. The minimum atomic E-state index is 0.574. The molecule has 3 N–H and O–H groups in total. The summed E-state index contributed by atoms with van der Waals surface area (Å²) in [4.78, 5) is 4.23. The first-order valence-corrected chi connectivity index (χ1v) is 6.25. The van der Waals surface area contributed by atoms with E-state index in [4.69, 9.17) is 5.73 Å². The van der Waals surface area contributed by atoms with Crippen LogP contribution in [0.25, 0.3) is 0 Å². The van der Waals surface area contributed by atoms with Gasteiger partial charge in [0.15, 0.2) is 0 Å². The highest BCUT2D eigenvalue weighted by atomic mass is 32.2. The maximum absolute atomic E-state index is 5.55. The molecule has 0 fully saturated rings. The van der Waals surface area contributed by atoms with Gasteiger partial charge in [0.2, 0.25) is 0 Å². The Balaban J connectivity index is 2.12. The lowest BCUT2D eigenvalue weighted by Crippen LogP contribution is -2.23. The fraction of sp³-hybridized carbons (Fsp3) is 0.545. The first-order chi connectivity index (χ1) is 7.18. The quantitative estimate of drug-likeness (QED) is 0.575. The summed E-state index contributed by atoms with van der Waals surface area (Å²) in [5.41, 5.74) is 6.28. The Morgan fingerprint density at radius 1 is 1.47 bits per heavy atom. The Kier molecular flexibility index (Phi) is 5.50. The fourth-order valence-electron chi connectivity index (χ4n) is 1.12. The van der Waals surface area contributed by atoms with E-state index in [1.54, 1.807) is 18.0 Å². The van der Waals surface area contributed by atoms with Gasteiger partial charge in [0.25, 0.3) is 0 Å². The number of nitrogens with one attached hydrogen (secondary N) is 1. The second kappa shape index (κ2) is 6.69. The van der Waals surface area contributed by atoms with E-state index in [0.717, 1.165) is 29.4 Å². The van der Waals surface area contributed by atoms with Crippen LogP contribution in [0.3, 0.4) is 0 Å². The van der Waals surface area contributed by atoms with E-state index < -0.39 is 0 Å². The molecule has 0 aliphatic rings. The molecular weight excluding hydrogens is 206 g/mol. The number of hydrogen-bond acceptors (Lipinski definition) is 4. The van der Waals surface area contributed by atoms with Gasteiger partial charge in [0, 0.05) is 11.8 Å². The fourth-order valence-corrected chi connectivity index (χ4v) is 1.91. The third-order valence-electron chi connectivity index (χ3n) is 1.88. The predicted octanol–water partition coefficient (Wildman–Crippen LogP) is 2.14. The molecule has 0 saturated carbocycles. The average molecular weight is 225 g/mol. The van der Waals surface area contributed by atoms with Crippen LogP contribution in [0.2, 0.25) is 0 Å². The molecule has 1 heterocycles. The van der Waals surface area contributed by atoms with E-state index in [9.17, 15) is 0 Å². The Morgan fingerprint density at radius 3 is 2.87 bits per heavy atom. The zero-order chi connectivity index (χ0) is 11.1. The molecule has 15 heavy (non-hydrogen) atoms. The normalized spacial score (nSPS) is 10.9. The van der Waals surface area contributed by atoms with Gasteiger partial charge in [-0.1, -0.05) is 13.8 Å². The van der Waals surface area contributed by atoms with Gasteiger partial charge in [-0.25, -0.2) is 4.98 Å². The molecule has 1 rings (SSSR count). The van der Waals surface area contributed by atoms with Crippen LogP contribution in [0.4, 0.5) is 5.69 Å². The van der Waals surface area contributed by atoms with Crippen molar-refractivity contribution in [2.24, 2.45) is 0 Å². The lowest BCUT2D eigenvalue weighted by Gasteiger charge is -2.07. The summed E-state index contributed by atoms with van der Waals surface area (Å²) in [6.45, 7) is 5.39. The monoisotopic (exact) mass is 225 g/mol. The molecule has 84 valence electrons. The van der Waals surface area contributed by atoms with E-state index in [-0.39, 0.29) is 0 Å². The van der Waals surface area contributed by atoms with Crippen molar-refractivity contribution in [2.75, 3.05) is 18.0 Å². The number of rotatable bonds is 6. The average Bonchev–Trinajstić information content (AvgIpc) is 2.20. The van der Waals surface area contributed by atoms with Crippen molar-refractivity contribution in [3.8, 4) is 0 Å². The second-order valence-electron chi connectivity index (χ2n) is 3.74. The lowest BCUT2D eigenvalue weighted by molar-refractivity contribution is 0.586. The topological polar surface area (TPSA) is 50.9 Å². The molecule has 0 spiro atoms. The summed E-state index contributed by atoms with van der Waals surface area (Å²) in [5.74, 6) is 1.09. The van der Waals surface area contributed by atoms with Gasteiger partial charge in [-0.3, -0.25) is 0 Å². The van der Waals surface area contributed by atoms with E-state index in [2.05, 4.69) is 24.1 Å². The smallest absolute Gasteiger partial charge is 0.0961 e. The molecule has 0 amide bonds. The highest BCUT2D eigenvalue weighted by Crippen LogP contribution is 2.16. The molecule has 0 unspecified atom stereocenters. The van der Waals surface area contributed by atoms with Crippen LogP contribution < -0.4 is 11.1 Å². The standard InChI is InChI=1S/C11H19N3S/c1-9(2)13-6-3-7-15-11-5-4-10(12)8-14-11/h4-5,8-9,13H,3,6-7,12H2,1-2H3. The Morgan fingerprint density at radius 2 is 2.27 bits per heavy atom. The van der Waals surface area contributed by atoms with Gasteiger partial charge in [-0.05, 0) is 25.1 Å². The molecule has 0 bridgehead atoms. The summed E-state index contributed by atoms with van der Waals surface area (Å²) < 4.78 is 0. The molecule has 0 atom stereocenters. The van der Waals surface area contributed by atoms with Gasteiger partial charge >= 0.3 is 0 Å². The molecule has 1 aromatic heterocycles. The van der Waals surface area contributed by atoms with Crippen LogP contribution in [-0.2, 0) is 0 Å². The SMILES string of the molecule is CC(C)NCCCSc1ccc(N)cn1. The van der Waals surface area contributed by atoms with E-state index in [1.165, 1.54) is 0 Å². The van der Waals surface area contributed by atoms with E-state index in [0.29, 0.717) is 6.04 Å². The van der Waals surface area contributed by atoms with Gasteiger partial charge in [-0.2, -0.15) is 0 Å². The van der Waals surface area contributed by atoms with E-state index in [1.807, 2.05) is 12.1 Å². The molecule has 4 heteroatoms. The molecule has 0 aromatic carbocycles. The number of thioether (sulfide) groups is 1. The van der Waals surface area contributed by atoms with Crippen molar-refractivity contribution >= 4 is 17.4 Å². The number of pyridine rings is 1. The molecule has 3 nitrogen and oxygen atoms in total. The van der Waals surface area contributed by atoms with Crippen molar-refractivity contribution in [3.63, 3.8) is 0 Å². The maximum atomic E-state index is 5.55. The van der Waals surface area contributed by atoms with Gasteiger partial charge in [-0.15, -0.1) is 11.8 Å². The first-order valence-electron chi connectivity index (χ1n) is 5.26. The van der Waals surface area contributed by atoms with Crippen molar-refractivity contribution in [3.05, 3.63) is 18.3 Å². The molecular formula is C11H19N3S. The zero-order valence-corrected chi connectivity index (χ0v) is 10.2. The van der Waals surface area contributed by atoms with Gasteiger partial charge in [0.05, 0.1) is 16.9 Å². The Hall–Kier alpha value is -0.740. The predicted molar refractivity (Wildman–Crippen MR) is 67.1 cm³/mol. The van der Waals surface area contributed by atoms with Gasteiger partial charge in [0.1, 0.15) is 0 Å². The molecule has 0 saturated heterocycles. The highest BCUT2D eigenvalue weighted by molar-refractivity contribution is 7.99. The molecule has 0 aliphatic carbocycles. The summed E-state index contributed by atoms with van der Waals surface area (Å²) >= 11 is 1.77. The lowest BCUT2D eigenvalue weighted by atomic mass is 10.4. The largest absolute Gasteiger partial charge is 0.397 e. The zero-order valence-electron chi connectivity index (χ0n) is 9.36. The molecule has 1 aromatic rings. The first kappa shape index (κ1) is 12.3. The summed E-state index contributed by atoms with van der Waals surface area (Å²) in [6, 6.07) is 4.43. The van der Waals surface area contributed by atoms with Crippen molar-refractivity contribution in [2.45, 2.75) is 31.3 Å². The number of nitrogen functional groups attached to an aromatic ring is 1. The van der Waals surface area contributed by atoms with Gasteiger partial charge < -0.3 is 11.1 Å². The van der Waals surface area contributed by atoms with Crippen LogP contribution in [0.15, 0.2) is 23.4 Å². The van der Waals surface area contributed by atoms with Crippen molar-refractivity contribution in [1.29, 1.82) is 0 Å². The Bertz CT molecular complexity index is 272. The molecule has 0 aliphatic heterocycles. The number of nitrogens with zero attached hydrogens (tertiary/aromatic N) is 1. The number of hydrogen-bond donors (Lipinski definition) is 2. The highest BCUT2D eigenvalue weighted by Gasteiger charge is 1.96. The number of nitrogens with two attached hydrogens (primary N) is 1. The minimum absolute atomic E-state index is 0.574. The Labute approximate surface area is 95.9 Å². The van der Waals surface area contributed by atoms with Crippen LogP contribution >= 0.6 is 11.8 Å². The number of anilines is 1. The van der Waals surface area contributed by atoms with Crippen molar-refractivity contribution < 1.29 is 0 Å². The second-order valence-corrected chi connectivity index (χ2v) is 4.86. The summed E-state index contributed by atoms with van der Waals surface area (Å²) in [6.07, 6.45) is 2.86. The van der Waals surface area contributed by atoms with Crippen LogP contribution in [0.1, 0.15) is 20.3 Å². The van der Waals surface area contributed by atoms with Crippen LogP contribution in [0, 0.1) is 0 Å². The van der Waals surface area contributed by atoms with Crippen LogP contribution in [-0.4, -0.2) is 23.3 Å². The number of aromatic nitrogens is 1. The minimum Gasteiger partial charge on any atom is -0.397 e. The van der Waals surface area contributed by atoms with E-state index >= 15 is 0 Å². The summed E-state index contributed by atoms with van der Waals surface area (Å²) in [5, 5.41) is 4.44. The van der Waals surface area contributed by atoms with Crippen LogP contribution in [0.5, 0.6) is 0 Å². The van der Waals surface area contributed by atoms with Crippen molar-refractivity contribution in [1.82, 2.24) is 10.3 Å².